The molecule has 112 valence electrons. The molecule has 1 atom stereocenters. The minimum Gasteiger partial charge on any atom is -0.308 e. The Morgan fingerprint density at radius 1 is 1.09 bits per heavy atom. The van der Waals surface area contributed by atoms with Gasteiger partial charge in [-0.25, -0.2) is 4.98 Å². The van der Waals surface area contributed by atoms with Gasteiger partial charge in [0.15, 0.2) is 0 Å². The summed E-state index contributed by atoms with van der Waals surface area (Å²) in [6, 6.07) is 18.0. The first-order valence-corrected chi connectivity index (χ1v) is 7.40. The number of nitrogens with one attached hydrogen (secondary N) is 1. The molecule has 4 nitrogen and oxygen atoms in total. The highest BCUT2D eigenvalue weighted by Gasteiger charge is 2.10. The monoisotopic (exact) mass is 293 g/mol. The molecule has 3 aromatic rings. The van der Waals surface area contributed by atoms with Gasteiger partial charge < -0.3 is 9.88 Å². The van der Waals surface area contributed by atoms with Crippen molar-refractivity contribution in [3.05, 3.63) is 76.2 Å². The number of hydrogen-bond acceptors (Lipinski definition) is 3. The first-order chi connectivity index (χ1) is 10.7. The van der Waals surface area contributed by atoms with Crippen LogP contribution in [0.15, 0.2) is 59.4 Å². The second-order valence-electron chi connectivity index (χ2n) is 5.42. The Morgan fingerprint density at radius 2 is 1.77 bits per heavy atom. The summed E-state index contributed by atoms with van der Waals surface area (Å²) in [7, 11) is 1.79. The van der Waals surface area contributed by atoms with Gasteiger partial charge in [0.1, 0.15) is 5.69 Å². The molecule has 2 aromatic carbocycles. The van der Waals surface area contributed by atoms with Crippen LogP contribution in [-0.2, 0) is 13.6 Å². The Labute approximate surface area is 129 Å². The van der Waals surface area contributed by atoms with Crippen LogP contribution in [-0.4, -0.2) is 9.55 Å². The van der Waals surface area contributed by atoms with Gasteiger partial charge >= 0.3 is 0 Å². The van der Waals surface area contributed by atoms with Crippen molar-refractivity contribution in [1.29, 1.82) is 0 Å². The molecule has 1 unspecified atom stereocenters. The van der Waals surface area contributed by atoms with Crippen LogP contribution in [0.25, 0.3) is 11.0 Å². The van der Waals surface area contributed by atoms with Crippen LogP contribution in [0.5, 0.6) is 0 Å². The number of aryl methyl sites for hydroxylation is 1. The zero-order valence-corrected chi connectivity index (χ0v) is 12.8. The van der Waals surface area contributed by atoms with E-state index >= 15 is 0 Å². The molecule has 0 saturated carbocycles. The normalized spacial score (nSPS) is 12.5. The molecule has 0 spiro atoms. The number of rotatable bonds is 4. The van der Waals surface area contributed by atoms with E-state index in [1.807, 2.05) is 42.5 Å². The Balaban J connectivity index is 1.85. The fraction of sp³-hybridized carbons (Fsp3) is 0.222. The van der Waals surface area contributed by atoms with Crippen molar-refractivity contribution in [2.45, 2.75) is 19.5 Å². The highest BCUT2D eigenvalue weighted by Crippen LogP contribution is 2.12. The SMILES string of the molecule is CC(NCc1nc2ccccc2n(C)c1=O)c1ccccc1. The Hall–Kier alpha value is -2.46. The lowest BCUT2D eigenvalue weighted by Crippen LogP contribution is -2.28. The van der Waals surface area contributed by atoms with E-state index in [0.717, 1.165) is 11.0 Å². The molecule has 0 fully saturated rings. The average molecular weight is 293 g/mol. The second-order valence-corrected chi connectivity index (χ2v) is 5.42. The van der Waals surface area contributed by atoms with Crippen molar-refractivity contribution in [1.82, 2.24) is 14.9 Å². The van der Waals surface area contributed by atoms with E-state index in [-0.39, 0.29) is 11.6 Å². The molecule has 1 aromatic heterocycles. The fourth-order valence-corrected chi connectivity index (χ4v) is 2.56. The minimum atomic E-state index is -0.0496. The molecule has 1 N–H and O–H groups in total. The lowest BCUT2D eigenvalue weighted by Gasteiger charge is -2.14. The van der Waals surface area contributed by atoms with Crippen molar-refractivity contribution in [3.63, 3.8) is 0 Å². The maximum absolute atomic E-state index is 12.4. The van der Waals surface area contributed by atoms with E-state index < -0.39 is 0 Å². The standard InChI is InChI=1S/C18H19N3O/c1-13(14-8-4-3-5-9-14)19-12-16-18(22)21(2)17-11-7-6-10-15(17)20-16/h3-11,13,19H,12H2,1-2H3. The van der Waals surface area contributed by atoms with Gasteiger partial charge in [0, 0.05) is 19.6 Å². The molecule has 0 amide bonds. The Morgan fingerprint density at radius 3 is 2.55 bits per heavy atom. The third-order valence-electron chi connectivity index (χ3n) is 3.93. The second kappa shape index (κ2) is 6.12. The highest BCUT2D eigenvalue weighted by molar-refractivity contribution is 5.74. The number of benzene rings is 2. The quantitative estimate of drug-likeness (QED) is 0.804. The summed E-state index contributed by atoms with van der Waals surface area (Å²) in [5.74, 6) is 0. The summed E-state index contributed by atoms with van der Waals surface area (Å²) in [5, 5.41) is 3.37. The van der Waals surface area contributed by atoms with E-state index in [4.69, 9.17) is 0 Å². The maximum Gasteiger partial charge on any atom is 0.273 e. The molecular formula is C18H19N3O. The summed E-state index contributed by atoms with van der Waals surface area (Å²) in [6.45, 7) is 2.54. The van der Waals surface area contributed by atoms with Gasteiger partial charge in [-0.1, -0.05) is 42.5 Å². The first kappa shape index (κ1) is 14.5. The van der Waals surface area contributed by atoms with Crippen LogP contribution in [0.1, 0.15) is 24.2 Å². The van der Waals surface area contributed by atoms with Gasteiger partial charge in [-0.05, 0) is 24.6 Å². The van der Waals surface area contributed by atoms with Crippen molar-refractivity contribution < 1.29 is 0 Å². The molecule has 0 bridgehead atoms. The van der Waals surface area contributed by atoms with E-state index in [2.05, 4.69) is 29.4 Å². The molecule has 4 heteroatoms. The van der Waals surface area contributed by atoms with Gasteiger partial charge in [-0.3, -0.25) is 4.79 Å². The topological polar surface area (TPSA) is 46.9 Å². The van der Waals surface area contributed by atoms with Crippen LogP contribution >= 0.6 is 0 Å². The summed E-state index contributed by atoms with van der Waals surface area (Å²) in [6.07, 6.45) is 0. The predicted molar refractivity (Wildman–Crippen MR) is 88.7 cm³/mol. The number of fused-ring (bicyclic) bond motifs is 1. The number of aromatic nitrogens is 2. The summed E-state index contributed by atoms with van der Waals surface area (Å²) in [4.78, 5) is 16.9. The minimum absolute atomic E-state index is 0.0496. The molecule has 0 saturated heterocycles. The first-order valence-electron chi connectivity index (χ1n) is 7.40. The molecular weight excluding hydrogens is 274 g/mol. The summed E-state index contributed by atoms with van der Waals surface area (Å²) in [5.41, 5.74) is 3.39. The van der Waals surface area contributed by atoms with Crippen molar-refractivity contribution in [3.8, 4) is 0 Å². The Bertz CT molecular complexity index is 840. The largest absolute Gasteiger partial charge is 0.308 e. The summed E-state index contributed by atoms with van der Waals surface area (Å²) < 4.78 is 1.66. The summed E-state index contributed by atoms with van der Waals surface area (Å²) >= 11 is 0. The molecule has 1 heterocycles. The van der Waals surface area contributed by atoms with Gasteiger partial charge in [-0.2, -0.15) is 0 Å². The lowest BCUT2D eigenvalue weighted by molar-refractivity contribution is 0.563. The van der Waals surface area contributed by atoms with E-state index in [0.29, 0.717) is 12.2 Å². The van der Waals surface area contributed by atoms with Gasteiger partial charge in [0.05, 0.1) is 11.0 Å². The number of hydrogen-bond donors (Lipinski definition) is 1. The van der Waals surface area contributed by atoms with Crippen molar-refractivity contribution in [2.75, 3.05) is 0 Å². The number of nitrogens with zero attached hydrogens (tertiary/aromatic N) is 2. The van der Waals surface area contributed by atoms with E-state index in [1.165, 1.54) is 5.56 Å². The maximum atomic E-state index is 12.4. The third kappa shape index (κ3) is 2.78. The van der Waals surface area contributed by atoms with Crippen LogP contribution in [0.3, 0.4) is 0 Å². The average Bonchev–Trinajstić information content (AvgIpc) is 2.57. The molecule has 3 rings (SSSR count). The lowest BCUT2D eigenvalue weighted by atomic mass is 10.1. The molecule has 0 aliphatic heterocycles. The van der Waals surface area contributed by atoms with Crippen LogP contribution in [0.4, 0.5) is 0 Å². The highest BCUT2D eigenvalue weighted by atomic mass is 16.1. The van der Waals surface area contributed by atoms with E-state index in [1.54, 1.807) is 11.6 Å². The zero-order chi connectivity index (χ0) is 15.5. The van der Waals surface area contributed by atoms with Gasteiger partial charge in [0.25, 0.3) is 5.56 Å². The Kier molecular flexibility index (Phi) is 4.02. The smallest absolute Gasteiger partial charge is 0.273 e. The molecule has 0 aliphatic rings. The fourth-order valence-electron chi connectivity index (χ4n) is 2.56. The van der Waals surface area contributed by atoms with Crippen LogP contribution in [0.2, 0.25) is 0 Å². The van der Waals surface area contributed by atoms with Gasteiger partial charge in [0.2, 0.25) is 0 Å². The van der Waals surface area contributed by atoms with Crippen LogP contribution < -0.4 is 10.9 Å². The predicted octanol–water partition coefficient (Wildman–Crippen LogP) is 2.78. The van der Waals surface area contributed by atoms with Gasteiger partial charge in [-0.15, -0.1) is 0 Å². The van der Waals surface area contributed by atoms with Crippen LogP contribution in [0, 0.1) is 0 Å². The van der Waals surface area contributed by atoms with Crippen molar-refractivity contribution in [2.24, 2.45) is 7.05 Å². The number of para-hydroxylation sites is 2. The van der Waals surface area contributed by atoms with Crippen molar-refractivity contribution >= 4 is 11.0 Å². The molecule has 22 heavy (non-hydrogen) atoms. The molecule has 0 aliphatic carbocycles. The molecule has 0 radical (unpaired) electrons. The zero-order valence-electron chi connectivity index (χ0n) is 12.8. The van der Waals surface area contributed by atoms with E-state index in [9.17, 15) is 4.79 Å². The third-order valence-corrected chi connectivity index (χ3v) is 3.93.